The summed E-state index contributed by atoms with van der Waals surface area (Å²) in [6.45, 7) is 0.493. The Morgan fingerprint density at radius 1 is 1.03 bits per heavy atom. The van der Waals surface area contributed by atoms with Crippen LogP contribution in [0.25, 0.3) is 39.2 Å². The van der Waals surface area contributed by atoms with Gasteiger partial charge in [-0.2, -0.15) is 18.3 Å². The zero-order valence-electron chi connectivity index (χ0n) is 19.4. The number of rotatable bonds is 4. The Morgan fingerprint density at radius 2 is 1.86 bits per heavy atom. The van der Waals surface area contributed by atoms with E-state index < -0.39 is 12.2 Å². The summed E-state index contributed by atoms with van der Waals surface area (Å²) in [5.41, 5.74) is 9.64. The molecule has 1 fully saturated rings. The van der Waals surface area contributed by atoms with Gasteiger partial charge in [-0.15, -0.1) is 10.2 Å². The van der Waals surface area contributed by atoms with Crippen molar-refractivity contribution in [1.82, 2.24) is 34.3 Å². The van der Waals surface area contributed by atoms with Crippen LogP contribution in [0.15, 0.2) is 61.1 Å². The maximum atomic E-state index is 14.1. The molecule has 0 aliphatic carbocycles. The second kappa shape index (κ2) is 8.38. The highest BCUT2D eigenvalue weighted by atomic mass is 19.4. The van der Waals surface area contributed by atoms with Gasteiger partial charge in [0, 0.05) is 49.5 Å². The average Bonchev–Trinajstić information content (AvgIpc) is 3.57. The van der Waals surface area contributed by atoms with Gasteiger partial charge in [0.2, 0.25) is 0 Å². The number of fused-ring (bicyclic) bond motifs is 2. The highest BCUT2D eigenvalue weighted by Crippen LogP contribution is 2.39. The standard InChI is InChI=1S/C25H23F3N8/c1-34-12-18(11-30-34)16-3-2-15-4-6-20(31-21(15)10-16)24-33-32-22-7-5-17(13-36(22)24)23(25(26,27)28)35-9-8-19(29)14-35/h2-7,10-13,19,23H,8-9,14,29H2,1H3/t19?,23-/m0/s1. The van der Waals surface area contributed by atoms with Crippen molar-refractivity contribution in [3.05, 3.63) is 66.6 Å². The van der Waals surface area contributed by atoms with Crippen LogP contribution in [0.5, 0.6) is 0 Å². The van der Waals surface area contributed by atoms with E-state index in [9.17, 15) is 13.2 Å². The van der Waals surface area contributed by atoms with Crippen LogP contribution in [0.4, 0.5) is 13.2 Å². The number of halogens is 3. The van der Waals surface area contributed by atoms with E-state index in [2.05, 4.69) is 15.3 Å². The van der Waals surface area contributed by atoms with E-state index in [1.54, 1.807) is 27.4 Å². The van der Waals surface area contributed by atoms with Gasteiger partial charge in [0.25, 0.3) is 0 Å². The van der Waals surface area contributed by atoms with Crippen molar-refractivity contribution in [2.45, 2.75) is 24.7 Å². The van der Waals surface area contributed by atoms with E-state index in [1.165, 1.54) is 17.2 Å². The number of benzene rings is 1. The molecule has 5 heterocycles. The van der Waals surface area contributed by atoms with E-state index >= 15 is 0 Å². The quantitative estimate of drug-likeness (QED) is 0.408. The fourth-order valence-electron chi connectivity index (χ4n) is 4.89. The van der Waals surface area contributed by atoms with Gasteiger partial charge in [0.15, 0.2) is 11.5 Å². The molecule has 0 amide bonds. The molecule has 11 heteroatoms. The molecule has 5 aromatic rings. The van der Waals surface area contributed by atoms with Gasteiger partial charge in [-0.1, -0.05) is 24.3 Å². The fraction of sp³-hybridized carbons (Fsp3) is 0.280. The summed E-state index contributed by atoms with van der Waals surface area (Å²) in [6, 6.07) is 10.7. The van der Waals surface area contributed by atoms with Crippen LogP contribution in [-0.4, -0.2) is 59.6 Å². The summed E-state index contributed by atoms with van der Waals surface area (Å²) in [6.07, 6.45) is 1.25. The van der Waals surface area contributed by atoms with Crippen molar-refractivity contribution in [2.24, 2.45) is 12.8 Å². The number of nitrogens with two attached hydrogens (primary N) is 1. The van der Waals surface area contributed by atoms with Gasteiger partial charge >= 0.3 is 6.18 Å². The lowest BCUT2D eigenvalue weighted by Gasteiger charge is -2.30. The van der Waals surface area contributed by atoms with Crippen molar-refractivity contribution < 1.29 is 13.2 Å². The van der Waals surface area contributed by atoms with Crippen LogP contribution < -0.4 is 5.73 Å². The molecule has 1 aliphatic rings. The minimum Gasteiger partial charge on any atom is -0.326 e. The number of hydrogen-bond donors (Lipinski definition) is 1. The third-order valence-electron chi connectivity index (χ3n) is 6.63. The molecule has 0 radical (unpaired) electrons. The highest BCUT2D eigenvalue weighted by Gasteiger charge is 2.46. The van der Waals surface area contributed by atoms with Gasteiger partial charge in [0.1, 0.15) is 11.7 Å². The molecule has 2 atom stereocenters. The normalized spacial score (nSPS) is 17.9. The lowest BCUT2D eigenvalue weighted by molar-refractivity contribution is -0.183. The zero-order valence-corrected chi connectivity index (χ0v) is 19.4. The Labute approximate surface area is 204 Å². The first-order chi connectivity index (χ1) is 17.3. The number of alkyl halides is 3. The second-order valence-electron chi connectivity index (χ2n) is 9.21. The molecule has 1 unspecified atom stereocenters. The molecule has 0 bridgehead atoms. The minimum absolute atomic E-state index is 0.116. The van der Waals surface area contributed by atoms with Crippen LogP contribution in [-0.2, 0) is 7.05 Å². The SMILES string of the molecule is Cn1cc(-c2ccc3ccc(-c4nnc5ccc([C@H](N6CCC(N)C6)C(F)(F)F)cn45)nc3c2)cn1. The predicted molar refractivity (Wildman–Crippen MR) is 129 cm³/mol. The summed E-state index contributed by atoms with van der Waals surface area (Å²) in [4.78, 5) is 6.16. The number of aromatic nitrogens is 6. The molecule has 1 saturated heterocycles. The van der Waals surface area contributed by atoms with Gasteiger partial charge in [-0.05, 0) is 35.7 Å². The third kappa shape index (κ3) is 3.99. The average molecular weight is 493 g/mol. The van der Waals surface area contributed by atoms with Gasteiger partial charge in [-0.3, -0.25) is 14.0 Å². The lowest BCUT2D eigenvalue weighted by Crippen LogP contribution is -2.38. The van der Waals surface area contributed by atoms with E-state index in [-0.39, 0.29) is 18.2 Å². The second-order valence-corrected chi connectivity index (χ2v) is 9.21. The number of aryl methyl sites for hydroxylation is 1. The molecule has 0 spiro atoms. The van der Waals surface area contributed by atoms with E-state index in [0.29, 0.717) is 30.1 Å². The van der Waals surface area contributed by atoms with Crippen molar-refractivity contribution >= 4 is 16.6 Å². The number of nitrogens with zero attached hydrogens (tertiary/aromatic N) is 7. The number of hydrogen-bond acceptors (Lipinski definition) is 6. The first-order valence-corrected chi connectivity index (χ1v) is 11.6. The van der Waals surface area contributed by atoms with Crippen LogP contribution in [0, 0.1) is 0 Å². The van der Waals surface area contributed by atoms with Gasteiger partial charge in [0.05, 0.1) is 11.7 Å². The molecule has 184 valence electrons. The maximum absolute atomic E-state index is 14.1. The fourth-order valence-corrected chi connectivity index (χ4v) is 4.89. The molecular formula is C25H23F3N8. The number of likely N-dealkylation sites (tertiary alicyclic amines) is 1. The molecule has 2 N–H and O–H groups in total. The zero-order chi connectivity index (χ0) is 25.0. The van der Waals surface area contributed by atoms with E-state index in [0.717, 1.165) is 22.0 Å². The summed E-state index contributed by atoms with van der Waals surface area (Å²) in [5.74, 6) is 0.375. The summed E-state index contributed by atoms with van der Waals surface area (Å²) < 4.78 is 45.7. The molecule has 1 aromatic carbocycles. The monoisotopic (exact) mass is 492 g/mol. The summed E-state index contributed by atoms with van der Waals surface area (Å²) >= 11 is 0. The van der Waals surface area contributed by atoms with Crippen molar-refractivity contribution in [2.75, 3.05) is 13.1 Å². The maximum Gasteiger partial charge on any atom is 0.408 e. The molecule has 36 heavy (non-hydrogen) atoms. The minimum atomic E-state index is -4.45. The lowest BCUT2D eigenvalue weighted by atomic mass is 10.1. The smallest absolute Gasteiger partial charge is 0.326 e. The van der Waals surface area contributed by atoms with Crippen LogP contribution in [0.1, 0.15) is 18.0 Å². The Balaban J connectivity index is 1.43. The highest BCUT2D eigenvalue weighted by molar-refractivity contribution is 5.85. The van der Waals surface area contributed by atoms with Crippen LogP contribution in [0.2, 0.25) is 0 Å². The van der Waals surface area contributed by atoms with Crippen molar-refractivity contribution in [3.63, 3.8) is 0 Å². The van der Waals surface area contributed by atoms with Crippen LogP contribution >= 0.6 is 0 Å². The van der Waals surface area contributed by atoms with Gasteiger partial charge < -0.3 is 5.73 Å². The van der Waals surface area contributed by atoms with E-state index in [1.807, 2.05) is 37.5 Å². The first-order valence-electron chi connectivity index (χ1n) is 11.6. The Morgan fingerprint density at radius 3 is 2.58 bits per heavy atom. The number of pyridine rings is 2. The Kier molecular flexibility index (Phi) is 5.27. The van der Waals surface area contributed by atoms with Crippen LogP contribution in [0.3, 0.4) is 0 Å². The van der Waals surface area contributed by atoms with Gasteiger partial charge in [-0.25, -0.2) is 4.98 Å². The Hall–Kier alpha value is -3.83. The molecule has 4 aromatic heterocycles. The predicted octanol–water partition coefficient (Wildman–Crippen LogP) is 3.98. The largest absolute Gasteiger partial charge is 0.408 e. The molecule has 6 rings (SSSR count). The van der Waals surface area contributed by atoms with E-state index in [4.69, 9.17) is 10.7 Å². The molecule has 1 aliphatic heterocycles. The topological polar surface area (TPSA) is 90.2 Å². The molecular weight excluding hydrogens is 469 g/mol. The first kappa shape index (κ1) is 22.6. The Bertz CT molecular complexity index is 1570. The summed E-state index contributed by atoms with van der Waals surface area (Å²) in [5, 5.41) is 13.6. The molecule has 0 saturated carbocycles. The third-order valence-corrected chi connectivity index (χ3v) is 6.63. The van der Waals surface area contributed by atoms with Crippen molar-refractivity contribution in [3.8, 4) is 22.6 Å². The summed E-state index contributed by atoms with van der Waals surface area (Å²) in [7, 11) is 1.85. The van der Waals surface area contributed by atoms with Crippen molar-refractivity contribution in [1.29, 1.82) is 0 Å². The molecule has 8 nitrogen and oxygen atoms in total.